The maximum Gasteiger partial charge on any atom is 0.251 e. The van der Waals surface area contributed by atoms with Crippen LogP contribution in [0.2, 0.25) is 5.02 Å². The third-order valence-electron chi connectivity index (χ3n) is 3.28. The first kappa shape index (κ1) is 15.3. The number of hydrogen-bond donors (Lipinski definition) is 1. The highest BCUT2D eigenvalue weighted by molar-refractivity contribution is 9.10. The van der Waals surface area contributed by atoms with Gasteiger partial charge in [0.25, 0.3) is 5.91 Å². The van der Waals surface area contributed by atoms with Crippen LogP contribution in [0.3, 0.4) is 0 Å². The lowest BCUT2D eigenvalue weighted by molar-refractivity contribution is -0.0171. The van der Waals surface area contributed by atoms with Gasteiger partial charge in [0.1, 0.15) is 5.75 Å². The molecule has 0 radical (unpaired) electrons. The van der Waals surface area contributed by atoms with Crippen molar-refractivity contribution in [3.05, 3.63) is 62.6 Å². The van der Waals surface area contributed by atoms with Gasteiger partial charge in [-0.1, -0.05) is 33.6 Å². The van der Waals surface area contributed by atoms with Gasteiger partial charge in [0.2, 0.25) is 0 Å². The van der Waals surface area contributed by atoms with E-state index in [4.69, 9.17) is 21.1 Å². The van der Waals surface area contributed by atoms with Gasteiger partial charge in [-0.05, 0) is 30.3 Å². The molecule has 0 atom stereocenters. The first-order valence-electron chi connectivity index (χ1n) is 6.69. The summed E-state index contributed by atoms with van der Waals surface area (Å²) in [5, 5.41) is 3.42. The molecule has 0 unspecified atom stereocenters. The molecule has 114 valence electrons. The first-order chi connectivity index (χ1) is 10.6. The summed E-state index contributed by atoms with van der Waals surface area (Å²) >= 11 is 9.36. The summed E-state index contributed by atoms with van der Waals surface area (Å²) in [6.07, 6.45) is 0. The van der Waals surface area contributed by atoms with Gasteiger partial charge in [-0.2, -0.15) is 0 Å². The molecule has 3 rings (SSSR count). The summed E-state index contributed by atoms with van der Waals surface area (Å²) in [7, 11) is 0. The second kappa shape index (κ2) is 6.69. The van der Waals surface area contributed by atoms with Crippen molar-refractivity contribution in [2.24, 2.45) is 0 Å². The summed E-state index contributed by atoms with van der Waals surface area (Å²) in [5.74, 6) is 0.601. The zero-order valence-corrected chi connectivity index (χ0v) is 13.9. The minimum absolute atomic E-state index is 0.178. The smallest absolute Gasteiger partial charge is 0.251 e. The van der Waals surface area contributed by atoms with Crippen molar-refractivity contribution in [2.75, 3.05) is 6.79 Å². The number of nitrogens with one attached hydrogen (secondary N) is 1. The lowest BCUT2D eigenvalue weighted by Gasteiger charge is -2.21. The Balaban J connectivity index is 1.76. The van der Waals surface area contributed by atoms with Crippen LogP contribution in [-0.4, -0.2) is 12.7 Å². The van der Waals surface area contributed by atoms with E-state index in [9.17, 15) is 4.79 Å². The van der Waals surface area contributed by atoms with Crippen molar-refractivity contribution >= 4 is 33.4 Å². The minimum atomic E-state index is -0.178. The van der Waals surface area contributed by atoms with Crippen LogP contribution < -0.4 is 10.1 Å². The predicted molar refractivity (Wildman–Crippen MR) is 87.0 cm³/mol. The fourth-order valence-electron chi connectivity index (χ4n) is 2.30. The molecule has 0 fully saturated rings. The van der Waals surface area contributed by atoms with Gasteiger partial charge >= 0.3 is 0 Å². The van der Waals surface area contributed by atoms with E-state index in [1.165, 1.54) is 0 Å². The number of hydrogen-bond acceptors (Lipinski definition) is 3. The third-order valence-corrected chi connectivity index (χ3v) is 3.97. The van der Waals surface area contributed by atoms with Gasteiger partial charge in [-0.15, -0.1) is 0 Å². The molecular formula is C16H13BrClNO3. The Morgan fingerprint density at radius 1 is 1.32 bits per heavy atom. The van der Waals surface area contributed by atoms with Gasteiger partial charge in [0.15, 0.2) is 6.79 Å². The summed E-state index contributed by atoms with van der Waals surface area (Å²) in [6, 6.07) is 10.7. The highest BCUT2D eigenvalue weighted by atomic mass is 79.9. The second-order valence-electron chi connectivity index (χ2n) is 4.86. The Kier molecular flexibility index (Phi) is 4.66. The Bertz CT molecular complexity index is 721. The second-order valence-corrected chi connectivity index (χ2v) is 6.21. The molecule has 1 aliphatic heterocycles. The van der Waals surface area contributed by atoms with Gasteiger partial charge in [0.05, 0.1) is 6.61 Å². The van der Waals surface area contributed by atoms with E-state index >= 15 is 0 Å². The molecule has 1 amide bonds. The third kappa shape index (κ3) is 3.43. The zero-order valence-electron chi connectivity index (χ0n) is 11.6. The molecule has 0 bridgehead atoms. The van der Waals surface area contributed by atoms with E-state index in [1.54, 1.807) is 24.3 Å². The number of amides is 1. The van der Waals surface area contributed by atoms with E-state index in [0.717, 1.165) is 21.3 Å². The van der Waals surface area contributed by atoms with Crippen LogP contribution in [0.25, 0.3) is 0 Å². The average Bonchev–Trinajstić information content (AvgIpc) is 2.52. The van der Waals surface area contributed by atoms with Gasteiger partial charge in [-0.3, -0.25) is 4.79 Å². The quantitative estimate of drug-likeness (QED) is 0.876. The Hall–Kier alpha value is -1.56. The Labute approximate surface area is 141 Å². The van der Waals surface area contributed by atoms with Gasteiger partial charge in [0, 0.05) is 32.7 Å². The highest BCUT2D eigenvalue weighted by Crippen LogP contribution is 2.31. The molecule has 1 N–H and O–H groups in total. The lowest BCUT2D eigenvalue weighted by atomic mass is 10.1. The van der Waals surface area contributed by atoms with E-state index < -0.39 is 0 Å². The summed E-state index contributed by atoms with van der Waals surface area (Å²) < 4.78 is 11.7. The van der Waals surface area contributed by atoms with Crippen molar-refractivity contribution in [1.29, 1.82) is 0 Å². The van der Waals surface area contributed by atoms with E-state index in [1.807, 2.05) is 12.1 Å². The molecule has 6 heteroatoms. The van der Waals surface area contributed by atoms with Crippen LogP contribution in [-0.2, 0) is 17.9 Å². The lowest BCUT2D eigenvalue weighted by Crippen LogP contribution is -2.24. The van der Waals surface area contributed by atoms with Crippen molar-refractivity contribution in [3.63, 3.8) is 0 Å². The number of ether oxygens (including phenoxy) is 2. The number of benzene rings is 2. The van der Waals surface area contributed by atoms with Gasteiger partial charge < -0.3 is 14.8 Å². The average molecular weight is 383 g/mol. The minimum Gasteiger partial charge on any atom is -0.467 e. The SMILES string of the molecule is O=C(NCc1cc(Br)cc2c1OCOC2)c1cccc(Cl)c1. The van der Waals surface area contributed by atoms with Crippen LogP contribution in [0.1, 0.15) is 21.5 Å². The van der Waals surface area contributed by atoms with Crippen molar-refractivity contribution in [3.8, 4) is 5.75 Å². The summed E-state index contributed by atoms with van der Waals surface area (Å²) in [5.41, 5.74) is 2.40. The fourth-order valence-corrected chi connectivity index (χ4v) is 3.04. The maximum atomic E-state index is 12.2. The molecule has 0 spiro atoms. The molecule has 2 aromatic carbocycles. The van der Waals surface area contributed by atoms with Crippen LogP contribution in [0.15, 0.2) is 40.9 Å². The molecule has 2 aromatic rings. The normalized spacial score (nSPS) is 13.2. The molecule has 0 aromatic heterocycles. The maximum absolute atomic E-state index is 12.2. The van der Waals surface area contributed by atoms with Crippen LogP contribution in [0.4, 0.5) is 0 Å². The van der Waals surface area contributed by atoms with E-state index in [0.29, 0.717) is 23.7 Å². The molecular weight excluding hydrogens is 370 g/mol. The molecule has 4 nitrogen and oxygen atoms in total. The molecule has 0 aliphatic carbocycles. The first-order valence-corrected chi connectivity index (χ1v) is 7.86. The van der Waals surface area contributed by atoms with Crippen molar-refractivity contribution in [2.45, 2.75) is 13.2 Å². The fraction of sp³-hybridized carbons (Fsp3) is 0.188. The predicted octanol–water partition coefficient (Wildman–Crippen LogP) is 3.90. The van der Waals surface area contributed by atoms with Crippen molar-refractivity contribution in [1.82, 2.24) is 5.32 Å². The highest BCUT2D eigenvalue weighted by Gasteiger charge is 2.17. The van der Waals surface area contributed by atoms with Crippen molar-refractivity contribution < 1.29 is 14.3 Å². The Morgan fingerprint density at radius 2 is 2.18 bits per heavy atom. The standard InChI is InChI=1S/C16H13BrClNO3/c17-13-4-11(15-12(5-13)8-21-9-22-15)7-19-16(20)10-2-1-3-14(18)6-10/h1-6H,7-9H2,(H,19,20). The Morgan fingerprint density at radius 3 is 3.00 bits per heavy atom. The molecule has 1 heterocycles. The number of rotatable bonds is 3. The molecule has 0 saturated carbocycles. The topological polar surface area (TPSA) is 47.6 Å². The molecule has 1 aliphatic rings. The molecule has 0 saturated heterocycles. The largest absolute Gasteiger partial charge is 0.467 e. The van der Waals surface area contributed by atoms with Crippen LogP contribution in [0, 0.1) is 0 Å². The summed E-state index contributed by atoms with van der Waals surface area (Å²) in [4.78, 5) is 12.2. The number of carbonyl (C=O) groups is 1. The van der Waals surface area contributed by atoms with Crippen LogP contribution >= 0.6 is 27.5 Å². The molecule has 22 heavy (non-hydrogen) atoms. The number of halogens is 2. The number of carbonyl (C=O) groups excluding carboxylic acids is 1. The zero-order chi connectivity index (χ0) is 15.5. The van der Waals surface area contributed by atoms with Crippen LogP contribution in [0.5, 0.6) is 5.75 Å². The number of fused-ring (bicyclic) bond motifs is 1. The van der Waals surface area contributed by atoms with Gasteiger partial charge in [-0.25, -0.2) is 0 Å². The van der Waals surface area contributed by atoms with E-state index in [-0.39, 0.29) is 12.7 Å². The van der Waals surface area contributed by atoms with E-state index in [2.05, 4.69) is 21.2 Å². The monoisotopic (exact) mass is 381 g/mol. The summed E-state index contributed by atoms with van der Waals surface area (Å²) in [6.45, 7) is 1.10.